The number of hydrogen-bond acceptors (Lipinski definition) is 4. The maximum Gasteiger partial charge on any atom is 0.182 e. The molecule has 1 heterocycles. The van der Waals surface area contributed by atoms with E-state index < -0.39 is 0 Å². The SMILES string of the molecule is Cc1cc(N)cc(-c2nnnn2C(C)C(C)(C)C)c1. The third-order valence-corrected chi connectivity index (χ3v) is 3.47. The minimum atomic E-state index is 0.0828. The monoisotopic (exact) mass is 259 g/mol. The van der Waals surface area contributed by atoms with Crippen molar-refractivity contribution in [1.29, 1.82) is 0 Å². The Hall–Kier alpha value is -1.91. The first-order chi connectivity index (χ1) is 8.79. The Morgan fingerprint density at radius 2 is 1.89 bits per heavy atom. The number of nitrogens with two attached hydrogens (primary N) is 1. The van der Waals surface area contributed by atoms with E-state index in [-0.39, 0.29) is 11.5 Å². The molecule has 2 aromatic rings. The number of nitrogens with zero attached hydrogens (tertiary/aromatic N) is 4. The molecule has 0 aliphatic heterocycles. The topological polar surface area (TPSA) is 69.6 Å². The smallest absolute Gasteiger partial charge is 0.182 e. The van der Waals surface area contributed by atoms with Gasteiger partial charge in [-0.3, -0.25) is 0 Å². The summed E-state index contributed by atoms with van der Waals surface area (Å²) in [7, 11) is 0. The number of hydrogen-bond donors (Lipinski definition) is 1. The van der Waals surface area contributed by atoms with Gasteiger partial charge in [0.15, 0.2) is 5.82 Å². The van der Waals surface area contributed by atoms with Crippen LogP contribution in [-0.2, 0) is 0 Å². The minimum absolute atomic E-state index is 0.0828. The van der Waals surface area contributed by atoms with Gasteiger partial charge in [-0.1, -0.05) is 20.8 Å². The number of nitrogen functional groups attached to an aromatic ring is 1. The summed E-state index contributed by atoms with van der Waals surface area (Å²) >= 11 is 0. The molecule has 0 radical (unpaired) electrons. The van der Waals surface area contributed by atoms with E-state index in [2.05, 4.69) is 43.2 Å². The standard InChI is InChI=1S/C14H21N5/c1-9-6-11(8-12(15)7-9)13-16-17-18-19(13)10(2)14(3,4)5/h6-8,10H,15H2,1-5H3. The van der Waals surface area contributed by atoms with Gasteiger partial charge >= 0.3 is 0 Å². The van der Waals surface area contributed by atoms with Crippen molar-refractivity contribution in [3.05, 3.63) is 23.8 Å². The van der Waals surface area contributed by atoms with Gasteiger partial charge in [0.05, 0.1) is 6.04 Å². The summed E-state index contributed by atoms with van der Waals surface area (Å²) in [5.74, 6) is 0.762. The number of aromatic nitrogens is 4. The molecule has 1 aromatic carbocycles. The molecule has 0 bridgehead atoms. The number of rotatable bonds is 2. The molecule has 19 heavy (non-hydrogen) atoms. The quantitative estimate of drug-likeness (QED) is 0.842. The summed E-state index contributed by atoms with van der Waals surface area (Å²) in [4.78, 5) is 0. The summed E-state index contributed by atoms with van der Waals surface area (Å²) in [6.07, 6.45) is 0. The molecule has 5 nitrogen and oxygen atoms in total. The molecule has 0 fully saturated rings. The summed E-state index contributed by atoms with van der Waals surface area (Å²) in [5, 5.41) is 12.1. The van der Waals surface area contributed by atoms with E-state index in [1.165, 1.54) is 0 Å². The van der Waals surface area contributed by atoms with Crippen LogP contribution in [0.4, 0.5) is 5.69 Å². The Morgan fingerprint density at radius 1 is 1.21 bits per heavy atom. The van der Waals surface area contributed by atoms with Crippen LogP contribution < -0.4 is 5.73 Å². The predicted octanol–water partition coefficient (Wildman–Crippen LogP) is 2.84. The Bertz CT molecular complexity index is 560. The number of anilines is 1. The molecular weight excluding hydrogens is 238 g/mol. The first-order valence-corrected chi connectivity index (χ1v) is 6.44. The van der Waals surface area contributed by atoms with Crippen molar-refractivity contribution >= 4 is 5.69 Å². The predicted molar refractivity (Wildman–Crippen MR) is 76.6 cm³/mol. The zero-order valence-electron chi connectivity index (χ0n) is 12.2. The minimum Gasteiger partial charge on any atom is -0.399 e. The first kappa shape index (κ1) is 13.5. The molecule has 0 saturated heterocycles. The first-order valence-electron chi connectivity index (χ1n) is 6.44. The van der Waals surface area contributed by atoms with Gasteiger partial charge in [0.2, 0.25) is 0 Å². The third-order valence-electron chi connectivity index (χ3n) is 3.47. The van der Waals surface area contributed by atoms with Crippen molar-refractivity contribution in [1.82, 2.24) is 20.2 Å². The number of aryl methyl sites for hydroxylation is 1. The van der Waals surface area contributed by atoms with Crippen molar-refractivity contribution in [3.8, 4) is 11.4 Å². The van der Waals surface area contributed by atoms with Gasteiger partial charge in [0.25, 0.3) is 0 Å². The van der Waals surface area contributed by atoms with E-state index in [0.29, 0.717) is 0 Å². The molecule has 0 amide bonds. The van der Waals surface area contributed by atoms with Crippen LogP contribution in [0.25, 0.3) is 11.4 Å². The number of benzene rings is 1. The van der Waals surface area contributed by atoms with Crippen molar-refractivity contribution < 1.29 is 0 Å². The lowest BCUT2D eigenvalue weighted by Gasteiger charge is -2.27. The molecular formula is C14H21N5. The highest BCUT2D eigenvalue weighted by molar-refractivity contribution is 5.62. The summed E-state index contributed by atoms with van der Waals surface area (Å²) < 4.78 is 1.87. The van der Waals surface area contributed by atoms with Crippen molar-refractivity contribution in [3.63, 3.8) is 0 Å². The maximum absolute atomic E-state index is 5.90. The van der Waals surface area contributed by atoms with Crippen LogP contribution >= 0.6 is 0 Å². The van der Waals surface area contributed by atoms with Crippen LogP contribution in [0, 0.1) is 12.3 Å². The van der Waals surface area contributed by atoms with Gasteiger partial charge in [-0.2, -0.15) is 0 Å². The van der Waals surface area contributed by atoms with Gasteiger partial charge in [-0.15, -0.1) is 5.10 Å². The molecule has 2 N–H and O–H groups in total. The average molecular weight is 259 g/mol. The van der Waals surface area contributed by atoms with Crippen molar-refractivity contribution in [2.45, 2.75) is 40.7 Å². The highest BCUT2D eigenvalue weighted by Gasteiger charge is 2.25. The van der Waals surface area contributed by atoms with Crippen LogP contribution in [0.1, 0.15) is 39.3 Å². The van der Waals surface area contributed by atoms with E-state index >= 15 is 0 Å². The molecule has 0 aliphatic carbocycles. The molecule has 5 heteroatoms. The Morgan fingerprint density at radius 3 is 2.47 bits per heavy atom. The number of tetrazole rings is 1. The largest absolute Gasteiger partial charge is 0.399 e. The maximum atomic E-state index is 5.90. The molecule has 1 aromatic heterocycles. The third kappa shape index (κ3) is 2.75. The van der Waals surface area contributed by atoms with Crippen LogP contribution in [0.2, 0.25) is 0 Å². The molecule has 2 rings (SSSR count). The highest BCUT2D eigenvalue weighted by Crippen LogP contribution is 2.32. The second-order valence-electron chi connectivity index (χ2n) is 6.12. The van der Waals surface area contributed by atoms with Gasteiger partial charge in [-0.25, -0.2) is 4.68 Å². The average Bonchev–Trinajstić information content (AvgIpc) is 2.73. The molecule has 0 aliphatic rings. The van der Waals surface area contributed by atoms with E-state index in [0.717, 1.165) is 22.6 Å². The molecule has 1 unspecified atom stereocenters. The van der Waals surface area contributed by atoms with E-state index in [4.69, 9.17) is 5.73 Å². The fraction of sp³-hybridized carbons (Fsp3) is 0.500. The lowest BCUT2D eigenvalue weighted by molar-refractivity contribution is 0.243. The van der Waals surface area contributed by atoms with Crippen molar-refractivity contribution in [2.24, 2.45) is 5.41 Å². The fourth-order valence-electron chi connectivity index (χ4n) is 1.95. The molecule has 102 valence electrons. The molecule has 0 spiro atoms. The van der Waals surface area contributed by atoms with Gasteiger partial charge in [-0.05, 0) is 53.5 Å². The van der Waals surface area contributed by atoms with E-state index in [9.17, 15) is 0 Å². The molecule has 0 saturated carbocycles. The second-order valence-corrected chi connectivity index (χ2v) is 6.12. The van der Waals surface area contributed by atoms with Crippen LogP contribution in [-0.4, -0.2) is 20.2 Å². The zero-order chi connectivity index (χ0) is 14.2. The van der Waals surface area contributed by atoms with Gasteiger partial charge < -0.3 is 5.73 Å². The normalized spacial score (nSPS) is 13.5. The van der Waals surface area contributed by atoms with Crippen LogP contribution in [0.5, 0.6) is 0 Å². The lowest BCUT2D eigenvalue weighted by Crippen LogP contribution is -2.23. The van der Waals surface area contributed by atoms with Crippen LogP contribution in [0.15, 0.2) is 18.2 Å². The van der Waals surface area contributed by atoms with Gasteiger partial charge in [0.1, 0.15) is 0 Å². The van der Waals surface area contributed by atoms with E-state index in [1.54, 1.807) is 0 Å². The van der Waals surface area contributed by atoms with Crippen LogP contribution in [0.3, 0.4) is 0 Å². The fourth-order valence-corrected chi connectivity index (χ4v) is 1.95. The van der Waals surface area contributed by atoms with Crippen molar-refractivity contribution in [2.75, 3.05) is 5.73 Å². The zero-order valence-corrected chi connectivity index (χ0v) is 12.2. The lowest BCUT2D eigenvalue weighted by atomic mass is 9.88. The highest BCUT2D eigenvalue weighted by atomic mass is 15.5. The Labute approximate surface area is 113 Å². The van der Waals surface area contributed by atoms with E-state index in [1.807, 2.05) is 29.8 Å². The summed E-state index contributed by atoms with van der Waals surface area (Å²) in [5.41, 5.74) is 8.77. The summed E-state index contributed by atoms with van der Waals surface area (Å²) in [6.45, 7) is 10.7. The Kier molecular flexibility index (Phi) is 3.30. The van der Waals surface area contributed by atoms with Gasteiger partial charge in [0, 0.05) is 11.3 Å². The molecule has 1 atom stereocenters. The summed E-state index contributed by atoms with van der Waals surface area (Å²) in [6, 6.07) is 6.09. The Balaban J connectivity index is 2.50. The second kappa shape index (κ2) is 4.64.